The van der Waals surface area contributed by atoms with Crippen molar-refractivity contribution in [1.82, 2.24) is 4.57 Å². The summed E-state index contributed by atoms with van der Waals surface area (Å²) in [6.45, 7) is 4.20. The maximum Gasteiger partial charge on any atom is 0.418 e. The Labute approximate surface area is 158 Å². The second-order valence-corrected chi connectivity index (χ2v) is 7.20. The summed E-state index contributed by atoms with van der Waals surface area (Å²) in [5, 5.41) is 1.04. The lowest BCUT2D eigenvalue weighted by Gasteiger charge is -2.29. The zero-order valence-electron chi connectivity index (χ0n) is 15.6. The first kappa shape index (κ1) is 17.5. The van der Waals surface area contributed by atoms with Gasteiger partial charge in [0.15, 0.2) is 0 Å². The molecule has 0 unspecified atom stereocenters. The fraction of sp³-hybridized carbons (Fsp3) is 0.304. The maximum atomic E-state index is 12.7. The quantitative estimate of drug-likeness (QED) is 0.638. The van der Waals surface area contributed by atoms with E-state index >= 15 is 0 Å². The van der Waals surface area contributed by atoms with Gasteiger partial charge < -0.3 is 9.53 Å². The van der Waals surface area contributed by atoms with Crippen LogP contribution in [-0.2, 0) is 22.4 Å². The van der Waals surface area contributed by atoms with Gasteiger partial charge in [-0.1, -0.05) is 48.0 Å². The molecule has 2 atom stereocenters. The minimum Gasteiger partial charge on any atom is -0.449 e. The molecule has 1 aliphatic carbocycles. The maximum absolute atomic E-state index is 12.7. The first-order valence-corrected chi connectivity index (χ1v) is 9.44. The number of benzene rings is 2. The van der Waals surface area contributed by atoms with Gasteiger partial charge in [-0.15, -0.1) is 0 Å². The number of hydrogen-bond donors (Lipinski definition) is 0. The Hall–Kier alpha value is -2.88. The van der Waals surface area contributed by atoms with E-state index in [4.69, 9.17) is 4.74 Å². The average Bonchev–Trinajstić information content (AvgIpc) is 3.01. The Kier molecular flexibility index (Phi) is 4.56. The van der Waals surface area contributed by atoms with Crippen LogP contribution in [-0.4, -0.2) is 23.6 Å². The molecule has 2 aromatic carbocycles. The van der Waals surface area contributed by atoms with Gasteiger partial charge in [0.2, 0.25) is 0 Å². The van der Waals surface area contributed by atoms with Crippen LogP contribution in [0.25, 0.3) is 10.9 Å². The topological polar surface area (TPSA) is 48.3 Å². The Balaban J connectivity index is 1.87. The molecule has 0 amide bonds. The molecule has 0 saturated carbocycles. The van der Waals surface area contributed by atoms with Crippen molar-refractivity contribution in [1.29, 1.82) is 0 Å². The van der Waals surface area contributed by atoms with Crippen molar-refractivity contribution >= 4 is 23.3 Å². The first-order valence-electron chi connectivity index (χ1n) is 9.44. The number of fused-ring (bicyclic) bond motifs is 3. The molecule has 4 nitrogen and oxygen atoms in total. The van der Waals surface area contributed by atoms with Crippen molar-refractivity contribution in [3.63, 3.8) is 0 Å². The van der Waals surface area contributed by atoms with E-state index in [-0.39, 0.29) is 17.9 Å². The van der Waals surface area contributed by atoms with Crippen molar-refractivity contribution in [3.05, 3.63) is 70.9 Å². The SMILES string of the molecule is CCOC(=O)n1c2c(c3ccccc31)C[C@@H](C=O)[C@H](c1ccc(C)cc1)C2. The predicted molar refractivity (Wildman–Crippen MR) is 105 cm³/mol. The summed E-state index contributed by atoms with van der Waals surface area (Å²) >= 11 is 0. The molecule has 4 heteroatoms. The minimum atomic E-state index is -0.345. The summed E-state index contributed by atoms with van der Waals surface area (Å²) in [5.41, 5.74) is 5.26. The van der Waals surface area contributed by atoms with Gasteiger partial charge >= 0.3 is 6.09 Å². The summed E-state index contributed by atoms with van der Waals surface area (Å²) in [6.07, 6.45) is 2.02. The summed E-state index contributed by atoms with van der Waals surface area (Å²) in [4.78, 5) is 24.6. The van der Waals surface area contributed by atoms with E-state index in [0.717, 1.165) is 34.0 Å². The highest BCUT2D eigenvalue weighted by atomic mass is 16.5. The molecule has 138 valence electrons. The number of aryl methyl sites for hydroxylation is 1. The van der Waals surface area contributed by atoms with E-state index in [0.29, 0.717) is 19.4 Å². The Morgan fingerprint density at radius 1 is 1.15 bits per heavy atom. The Morgan fingerprint density at radius 2 is 1.89 bits per heavy atom. The summed E-state index contributed by atoms with van der Waals surface area (Å²) in [5.74, 6) is -0.0326. The zero-order valence-corrected chi connectivity index (χ0v) is 15.6. The van der Waals surface area contributed by atoms with Crippen molar-refractivity contribution in [3.8, 4) is 0 Å². The lowest BCUT2D eigenvalue weighted by molar-refractivity contribution is -0.111. The largest absolute Gasteiger partial charge is 0.449 e. The van der Waals surface area contributed by atoms with Crippen molar-refractivity contribution < 1.29 is 14.3 Å². The van der Waals surface area contributed by atoms with E-state index in [1.54, 1.807) is 4.57 Å². The highest BCUT2D eigenvalue weighted by Crippen LogP contribution is 2.41. The van der Waals surface area contributed by atoms with Crippen LogP contribution < -0.4 is 0 Å². The summed E-state index contributed by atoms with van der Waals surface area (Å²) < 4.78 is 7.03. The average molecular weight is 361 g/mol. The van der Waals surface area contributed by atoms with Crippen LogP contribution >= 0.6 is 0 Å². The van der Waals surface area contributed by atoms with Crippen LogP contribution in [0.1, 0.15) is 35.2 Å². The molecular weight excluding hydrogens is 338 g/mol. The van der Waals surface area contributed by atoms with Crippen LogP contribution in [0.2, 0.25) is 0 Å². The van der Waals surface area contributed by atoms with E-state index < -0.39 is 0 Å². The smallest absolute Gasteiger partial charge is 0.418 e. The Bertz CT molecular complexity index is 1000. The molecule has 0 fully saturated rings. The Morgan fingerprint density at radius 3 is 2.59 bits per heavy atom. The van der Waals surface area contributed by atoms with Crippen molar-refractivity contribution in [2.24, 2.45) is 5.92 Å². The second kappa shape index (κ2) is 7.03. The predicted octanol–water partition coefficient (Wildman–Crippen LogP) is 4.65. The number of carbonyl (C=O) groups is 2. The molecule has 0 saturated heterocycles. The van der Waals surface area contributed by atoms with Gasteiger partial charge in [-0.3, -0.25) is 0 Å². The van der Waals surface area contributed by atoms with E-state index in [2.05, 4.69) is 31.2 Å². The molecular formula is C23H23NO3. The molecule has 0 aliphatic heterocycles. The highest BCUT2D eigenvalue weighted by Gasteiger charge is 2.34. The van der Waals surface area contributed by atoms with Gasteiger partial charge in [0.25, 0.3) is 0 Å². The minimum absolute atomic E-state index is 0.0630. The number of hydrogen-bond acceptors (Lipinski definition) is 3. The van der Waals surface area contributed by atoms with Crippen LogP contribution in [0.15, 0.2) is 48.5 Å². The lowest BCUT2D eigenvalue weighted by atomic mass is 9.75. The standard InChI is InChI=1S/C23H23NO3/c1-3-27-23(26)24-21-7-5-4-6-18(21)20-12-17(14-25)19(13-22(20)24)16-10-8-15(2)9-11-16/h4-11,14,17,19H,3,12-13H2,1-2H3/t17-,19-/m0/s1. The molecule has 27 heavy (non-hydrogen) atoms. The third-order valence-corrected chi connectivity index (χ3v) is 5.59. The number of rotatable bonds is 3. The number of aromatic nitrogens is 1. The lowest BCUT2D eigenvalue weighted by Crippen LogP contribution is -2.27. The first-order chi connectivity index (χ1) is 13.1. The summed E-state index contributed by atoms with van der Waals surface area (Å²) in [6, 6.07) is 16.2. The van der Waals surface area contributed by atoms with Crippen molar-refractivity contribution in [2.45, 2.75) is 32.6 Å². The molecule has 1 aromatic heterocycles. The molecule has 1 aliphatic rings. The number of nitrogens with zero attached hydrogens (tertiary/aromatic N) is 1. The zero-order chi connectivity index (χ0) is 19.0. The monoisotopic (exact) mass is 361 g/mol. The van der Waals surface area contributed by atoms with Gasteiger partial charge in [-0.05, 0) is 49.8 Å². The number of ether oxygens (including phenoxy) is 1. The molecule has 0 radical (unpaired) electrons. The van der Waals surface area contributed by atoms with Gasteiger partial charge in [-0.25, -0.2) is 9.36 Å². The van der Waals surface area contributed by atoms with Gasteiger partial charge in [-0.2, -0.15) is 0 Å². The van der Waals surface area contributed by atoms with Crippen LogP contribution in [0.3, 0.4) is 0 Å². The molecule has 0 N–H and O–H groups in total. The third-order valence-electron chi connectivity index (χ3n) is 5.59. The van der Waals surface area contributed by atoms with E-state index in [1.807, 2.05) is 31.2 Å². The second-order valence-electron chi connectivity index (χ2n) is 7.20. The molecule has 0 bridgehead atoms. The highest BCUT2D eigenvalue weighted by molar-refractivity contribution is 5.94. The van der Waals surface area contributed by atoms with Crippen LogP contribution in [0.5, 0.6) is 0 Å². The normalized spacial score (nSPS) is 18.9. The molecule has 3 aromatic rings. The fourth-order valence-electron chi connectivity index (χ4n) is 4.26. The van der Waals surface area contributed by atoms with Gasteiger partial charge in [0, 0.05) is 17.0 Å². The van der Waals surface area contributed by atoms with Crippen LogP contribution in [0.4, 0.5) is 4.79 Å². The molecule has 4 rings (SSSR count). The number of carbonyl (C=O) groups excluding carboxylic acids is 2. The van der Waals surface area contributed by atoms with E-state index in [1.165, 1.54) is 5.56 Å². The van der Waals surface area contributed by atoms with Gasteiger partial charge in [0.1, 0.15) is 6.29 Å². The summed E-state index contributed by atoms with van der Waals surface area (Å²) in [7, 11) is 0. The van der Waals surface area contributed by atoms with Gasteiger partial charge in [0.05, 0.1) is 12.1 Å². The number of para-hydroxylation sites is 1. The third kappa shape index (κ3) is 2.95. The van der Waals surface area contributed by atoms with E-state index in [9.17, 15) is 9.59 Å². The molecule has 0 spiro atoms. The van der Waals surface area contributed by atoms with Crippen LogP contribution in [0, 0.1) is 12.8 Å². The fourth-order valence-corrected chi connectivity index (χ4v) is 4.26. The molecule has 1 heterocycles. The van der Waals surface area contributed by atoms with Crippen molar-refractivity contribution in [2.75, 3.05) is 6.61 Å². The number of aldehydes is 1.